The minimum absolute atomic E-state index is 0.797. The van der Waals surface area contributed by atoms with Gasteiger partial charge >= 0.3 is 0 Å². The molecule has 0 N–H and O–H groups in total. The molecule has 0 fully saturated rings. The van der Waals surface area contributed by atoms with E-state index < -0.39 is 0 Å². The highest BCUT2D eigenvalue weighted by molar-refractivity contribution is 6.35. The smallest absolute Gasteiger partial charge is 0.0705 e. The van der Waals surface area contributed by atoms with Crippen molar-refractivity contribution in [2.45, 2.75) is 6.54 Å². The summed E-state index contributed by atoms with van der Waals surface area (Å²) in [5.41, 5.74) is 3.45. The Labute approximate surface area is 127 Å². The summed E-state index contributed by atoms with van der Waals surface area (Å²) in [5, 5.41) is 3.09. The van der Waals surface area contributed by atoms with E-state index in [1.165, 1.54) is 10.9 Å². The molecular weight excluding hydrogens is 280 g/mol. The number of hydrogen-bond acceptors (Lipinski definition) is 1. The molecule has 0 saturated carbocycles. The van der Waals surface area contributed by atoms with Crippen molar-refractivity contribution in [3.05, 3.63) is 77.6 Å². The van der Waals surface area contributed by atoms with Crippen molar-refractivity contribution in [2.75, 3.05) is 0 Å². The molecule has 0 radical (unpaired) electrons. The predicted octanol–water partition coefficient (Wildman–Crippen LogP) is 4.89. The molecule has 0 saturated heterocycles. The number of nitrogens with zero attached hydrogens (tertiary/aromatic N) is 2. The second kappa shape index (κ2) is 4.90. The van der Waals surface area contributed by atoms with Crippen molar-refractivity contribution in [2.24, 2.45) is 0 Å². The topological polar surface area (TPSA) is 17.8 Å². The van der Waals surface area contributed by atoms with Crippen LogP contribution in [0.5, 0.6) is 0 Å². The molecule has 0 aliphatic rings. The third-order valence-corrected chi connectivity index (χ3v) is 4.17. The Morgan fingerprint density at radius 2 is 1.81 bits per heavy atom. The monoisotopic (exact) mass is 292 g/mol. The molecule has 0 aliphatic carbocycles. The van der Waals surface area contributed by atoms with E-state index in [1.807, 2.05) is 30.5 Å². The SMILES string of the molecule is Clc1cccc2c1ccn2Cc1ccnc2ccccc12. The van der Waals surface area contributed by atoms with Crippen LogP contribution in [-0.2, 0) is 6.54 Å². The molecule has 0 amide bonds. The van der Waals surface area contributed by atoms with Crippen LogP contribution in [-0.4, -0.2) is 9.55 Å². The lowest BCUT2D eigenvalue weighted by molar-refractivity contribution is 0.842. The van der Waals surface area contributed by atoms with Crippen molar-refractivity contribution >= 4 is 33.4 Å². The molecule has 0 aliphatic heterocycles. The average Bonchev–Trinajstić information content (AvgIpc) is 2.92. The van der Waals surface area contributed by atoms with Gasteiger partial charge in [-0.15, -0.1) is 0 Å². The number of aromatic nitrogens is 2. The Kier molecular flexibility index (Phi) is 2.90. The summed E-state index contributed by atoms with van der Waals surface area (Å²) in [6.45, 7) is 0.812. The zero-order valence-electron chi connectivity index (χ0n) is 11.3. The Bertz CT molecular complexity index is 935. The van der Waals surface area contributed by atoms with Crippen LogP contribution in [0.4, 0.5) is 0 Å². The van der Waals surface area contributed by atoms with Gasteiger partial charge in [-0.2, -0.15) is 0 Å². The Morgan fingerprint density at radius 3 is 2.76 bits per heavy atom. The van der Waals surface area contributed by atoms with Gasteiger partial charge < -0.3 is 4.57 Å². The van der Waals surface area contributed by atoms with Crippen LogP contribution in [0, 0.1) is 0 Å². The first-order chi connectivity index (χ1) is 10.3. The van der Waals surface area contributed by atoms with Gasteiger partial charge in [0.2, 0.25) is 0 Å². The van der Waals surface area contributed by atoms with Gasteiger partial charge in [-0.25, -0.2) is 0 Å². The maximum Gasteiger partial charge on any atom is 0.0705 e. The lowest BCUT2D eigenvalue weighted by Crippen LogP contribution is -1.99. The lowest BCUT2D eigenvalue weighted by Gasteiger charge is -2.09. The second-order valence-corrected chi connectivity index (χ2v) is 5.51. The Balaban J connectivity index is 1.85. The van der Waals surface area contributed by atoms with Crippen LogP contribution in [0.3, 0.4) is 0 Å². The van der Waals surface area contributed by atoms with E-state index in [0.717, 1.165) is 28.0 Å². The molecule has 2 nitrogen and oxygen atoms in total. The van der Waals surface area contributed by atoms with Crippen LogP contribution >= 0.6 is 11.6 Å². The quantitative estimate of drug-likeness (QED) is 0.514. The maximum absolute atomic E-state index is 6.25. The number of halogens is 1. The molecule has 0 atom stereocenters. The molecule has 4 rings (SSSR count). The summed E-state index contributed by atoms with van der Waals surface area (Å²) in [6.07, 6.45) is 3.96. The summed E-state index contributed by atoms with van der Waals surface area (Å²) in [7, 11) is 0. The van der Waals surface area contributed by atoms with Gasteiger partial charge in [-0.3, -0.25) is 4.98 Å². The zero-order valence-corrected chi connectivity index (χ0v) is 12.1. The Hall–Kier alpha value is -2.32. The van der Waals surface area contributed by atoms with Crippen LogP contribution < -0.4 is 0 Å². The third-order valence-electron chi connectivity index (χ3n) is 3.84. The molecule has 4 aromatic rings. The van der Waals surface area contributed by atoms with E-state index in [2.05, 4.69) is 46.1 Å². The maximum atomic E-state index is 6.25. The number of benzene rings is 2. The summed E-state index contributed by atoms with van der Waals surface area (Å²) >= 11 is 6.25. The predicted molar refractivity (Wildman–Crippen MR) is 87.8 cm³/mol. The first-order valence-corrected chi connectivity index (χ1v) is 7.27. The normalized spacial score (nSPS) is 11.3. The molecule has 0 unspecified atom stereocenters. The molecular formula is C18H13ClN2. The molecule has 102 valence electrons. The van der Waals surface area contributed by atoms with Crippen LogP contribution in [0.2, 0.25) is 5.02 Å². The fourth-order valence-corrected chi connectivity index (χ4v) is 3.03. The summed E-state index contributed by atoms with van der Waals surface area (Å²) in [5.74, 6) is 0. The molecule has 2 aromatic carbocycles. The van der Waals surface area contributed by atoms with E-state index in [4.69, 9.17) is 11.6 Å². The Morgan fingerprint density at radius 1 is 0.905 bits per heavy atom. The highest BCUT2D eigenvalue weighted by Crippen LogP contribution is 2.26. The molecule has 21 heavy (non-hydrogen) atoms. The third kappa shape index (κ3) is 2.08. The molecule has 0 spiro atoms. The minimum atomic E-state index is 0.797. The van der Waals surface area contributed by atoms with Gasteiger partial charge in [0, 0.05) is 40.3 Å². The van der Waals surface area contributed by atoms with Crippen LogP contribution in [0.15, 0.2) is 67.0 Å². The highest BCUT2D eigenvalue weighted by Gasteiger charge is 2.06. The lowest BCUT2D eigenvalue weighted by atomic mass is 10.1. The van der Waals surface area contributed by atoms with Crippen molar-refractivity contribution in [1.82, 2.24) is 9.55 Å². The number of pyridine rings is 1. The van der Waals surface area contributed by atoms with E-state index in [0.29, 0.717) is 0 Å². The van der Waals surface area contributed by atoms with Crippen molar-refractivity contribution in [1.29, 1.82) is 0 Å². The summed E-state index contributed by atoms with van der Waals surface area (Å²) in [4.78, 5) is 4.42. The fourth-order valence-electron chi connectivity index (χ4n) is 2.80. The average molecular weight is 293 g/mol. The molecule has 2 heterocycles. The van der Waals surface area contributed by atoms with Crippen molar-refractivity contribution in [3.8, 4) is 0 Å². The van der Waals surface area contributed by atoms with Crippen LogP contribution in [0.25, 0.3) is 21.8 Å². The highest BCUT2D eigenvalue weighted by atomic mass is 35.5. The number of para-hydroxylation sites is 1. The first-order valence-electron chi connectivity index (χ1n) is 6.89. The first kappa shape index (κ1) is 12.4. The van der Waals surface area contributed by atoms with Gasteiger partial charge in [0.1, 0.15) is 0 Å². The number of fused-ring (bicyclic) bond motifs is 2. The molecule has 3 heteroatoms. The number of hydrogen-bond donors (Lipinski definition) is 0. The van der Waals surface area contributed by atoms with Gasteiger partial charge in [0.25, 0.3) is 0 Å². The zero-order chi connectivity index (χ0) is 14.2. The van der Waals surface area contributed by atoms with Crippen molar-refractivity contribution in [3.63, 3.8) is 0 Å². The summed E-state index contributed by atoms with van der Waals surface area (Å²) < 4.78 is 2.23. The number of rotatable bonds is 2. The van der Waals surface area contributed by atoms with Crippen molar-refractivity contribution < 1.29 is 0 Å². The molecule has 2 aromatic heterocycles. The van der Waals surface area contributed by atoms with E-state index in [1.54, 1.807) is 0 Å². The van der Waals surface area contributed by atoms with Crippen LogP contribution in [0.1, 0.15) is 5.56 Å². The van der Waals surface area contributed by atoms with E-state index in [9.17, 15) is 0 Å². The molecule has 0 bridgehead atoms. The van der Waals surface area contributed by atoms with E-state index >= 15 is 0 Å². The summed E-state index contributed by atoms with van der Waals surface area (Å²) in [6, 6.07) is 18.4. The van der Waals surface area contributed by atoms with Gasteiger partial charge in [-0.05, 0) is 35.9 Å². The standard InChI is InChI=1S/C18H13ClN2/c19-16-5-3-7-18-15(16)9-11-21(18)12-13-8-10-20-17-6-2-1-4-14(13)17/h1-11H,12H2. The minimum Gasteiger partial charge on any atom is -0.343 e. The largest absolute Gasteiger partial charge is 0.343 e. The van der Waals surface area contributed by atoms with Gasteiger partial charge in [0.15, 0.2) is 0 Å². The van der Waals surface area contributed by atoms with Gasteiger partial charge in [-0.1, -0.05) is 35.9 Å². The van der Waals surface area contributed by atoms with Gasteiger partial charge in [0.05, 0.1) is 5.52 Å². The van der Waals surface area contributed by atoms with E-state index in [-0.39, 0.29) is 0 Å². The fraction of sp³-hybridized carbons (Fsp3) is 0.0556. The second-order valence-electron chi connectivity index (χ2n) is 5.10.